The Kier molecular flexibility index (Phi) is 7.17. The predicted octanol–water partition coefficient (Wildman–Crippen LogP) is 5.09. The van der Waals surface area contributed by atoms with E-state index in [-0.39, 0.29) is 0 Å². The maximum atomic E-state index is 11.8. The summed E-state index contributed by atoms with van der Waals surface area (Å²) in [7, 11) is -0.956. The van der Waals surface area contributed by atoms with Gasteiger partial charge in [0.05, 0.1) is 21.5 Å². The number of rotatable bonds is 3. The second-order valence-electron chi connectivity index (χ2n) is 4.25. The molecule has 4 heteroatoms. The van der Waals surface area contributed by atoms with E-state index in [0.29, 0.717) is 10.8 Å². The molecule has 0 aromatic heterocycles. The summed E-state index contributed by atoms with van der Waals surface area (Å²) in [6.07, 6.45) is 4.08. The van der Waals surface area contributed by atoms with E-state index in [1.165, 1.54) is 0 Å². The standard InChI is InChI=1S/C14H16ClNOS.C2H6/c1-3-18(17)11-7-8-13(15)12(9-11)14-6-4-5-10(2)16-14;1-2/h6-9H,3-5H2,1-2H3;1-2H3. The number of benzene rings is 1. The van der Waals surface area contributed by atoms with Gasteiger partial charge in [-0.3, -0.25) is 9.20 Å². The Morgan fingerprint density at radius 3 is 2.65 bits per heavy atom. The van der Waals surface area contributed by atoms with Crippen molar-refractivity contribution < 1.29 is 4.21 Å². The van der Waals surface area contributed by atoms with Crippen molar-refractivity contribution in [2.24, 2.45) is 4.99 Å². The number of hydrogen-bond acceptors (Lipinski definition) is 2. The molecular weight excluding hydrogens is 290 g/mol. The molecule has 0 saturated carbocycles. The molecule has 20 heavy (non-hydrogen) atoms. The molecule has 2 nitrogen and oxygen atoms in total. The highest BCUT2D eigenvalue weighted by atomic mass is 35.5. The first-order valence-electron chi connectivity index (χ1n) is 7.04. The quantitative estimate of drug-likeness (QED) is 0.764. The molecule has 1 heterocycles. The normalized spacial score (nSPS) is 15.7. The van der Waals surface area contributed by atoms with E-state index < -0.39 is 10.8 Å². The Morgan fingerprint density at radius 1 is 1.35 bits per heavy atom. The van der Waals surface area contributed by atoms with Crippen molar-refractivity contribution in [3.05, 3.63) is 34.9 Å². The summed E-state index contributed by atoms with van der Waals surface area (Å²) in [5.74, 6) is 0.614. The van der Waals surface area contributed by atoms with Crippen molar-refractivity contribution in [2.75, 3.05) is 5.75 Å². The molecule has 0 radical (unpaired) electrons. The van der Waals surface area contributed by atoms with Gasteiger partial charge in [-0.15, -0.1) is 0 Å². The van der Waals surface area contributed by atoms with Crippen molar-refractivity contribution in [3.63, 3.8) is 0 Å². The lowest BCUT2D eigenvalue weighted by molar-refractivity contribution is 0.684. The van der Waals surface area contributed by atoms with Crippen molar-refractivity contribution in [2.45, 2.75) is 45.4 Å². The van der Waals surface area contributed by atoms with Gasteiger partial charge in [-0.25, -0.2) is 0 Å². The van der Waals surface area contributed by atoms with Crippen molar-refractivity contribution in [1.29, 1.82) is 0 Å². The first kappa shape index (κ1) is 17.1. The molecular formula is C16H22ClNOS. The highest BCUT2D eigenvalue weighted by molar-refractivity contribution is 7.85. The molecule has 1 aromatic rings. The lowest BCUT2D eigenvalue weighted by Crippen LogP contribution is -2.00. The van der Waals surface area contributed by atoms with Gasteiger partial charge in [-0.1, -0.05) is 38.4 Å². The van der Waals surface area contributed by atoms with Crippen LogP contribution in [0.25, 0.3) is 5.70 Å². The summed E-state index contributed by atoms with van der Waals surface area (Å²) in [6, 6.07) is 5.53. The topological polar surface area (TPSA) is 29.4 Å². The highest BCUT2D eigenvalue weighted by Crippen LogP contribution is 2.29. The fraction of sp³-hybridized carbons (Fsp3) is 0.438. The minimum absolute atomic E-state index is 0.614. The van der Waals surface area contributed by atoms with Crippen LogP contribution in [-0.2, 0) is 10.8 Å². The zero-order valence-electron chi connectivity index (χ0n) is 12.6. The molecule has 0 N–H and O–H groups in total. The molecule has 0 fully saturated rings. The minimum atomic E-state index is -0.956. The summed E-state index contributed by atoms with van der Waals surface area (Å²) in [5, 5.41) is 0.663. The molecule has 0 aliphatic carbocycles. The molecule has 1 unspecified atom stereocenters. The minimum Gasteiger partial charge on any atom is -0.258 e. The SMILES string of the molecule is CC.CCS(=O)c1ccc(Cl)c(C2=CCCC(C)=N2)c1. The fourth-order valence-electron chi connectivity index (χ4n) is 1.90. The third-order valence-corrected chi connectivity index (χ3v) is 4.53. The first-order chi connectivity index (χ1) is 9.61. The average Bonchev–Trinajstić information content (AvgIpc) is 2.49. The van der Waals surface area contributed by atoms with Gasteiger partial charge in [-0.2, -0.15) is 0 Å². The molecule has 2 rings (SSSR count). The van der Waals surface area contributed by atoms with Gasteiger partial charge in [0, 0.05) is 21.9 Å². The third-order valence-electron chi connectivity index (χ3n) is 2.89. The molecule has 1 aliphatic heterocycles. The van der Waals surface area contributed by atoms with E-state index in [9.17, 15) is 4.21 Å². The summed E-state index contributed by atoms with van der Waals surface area (Å²) in [5.41, 5.74) is 2.90. The van der Waals surface area contributed by atoms with Gasteiger partial charge in [0.25, 0.3) is 0 Å². The largest absolute Gasteiger partial charge is 0.258 e. The van der Waals surface area contributed by atoms with Crippen LogP contribution in [0, 0.1) is 0 Å². The number of nitrogens with zero attached hydrogens (tertiary/aromatic N) is 1. The zero-order chi connectivity index (χ0) is 15.1. The van der Waals surface area contributed by atoms with Gasteiger partial charge in [0.15, 0.2) is 0 Å². The molecule has 0 saturated heterocycles. The van der Waals surface area contributed by atoms with E-state index in [4.69, 9.17) is 11.6 Å². The van der Waals surface area contributed by atoms with Crippen LogP contribution >= 0.6 is 11.6 Å². The van der Waals surface area contributed by atoms with Crippen LogP contribution in [0.1, 0.15) is 46.1 Å². The lowest BCUT2D eigenvalue weighted by atomic mass is 10.1. The second kappa shape index (κ2) is 8.38. The van der Waals surface area contributed by atoms with Crippen molar-refractivity contribution in [3.8, 4) is 0 Å². The maximum absolute atomic E-state index is 11.8. The number of hydrogen-bond donors (Lipinski definition) is 0. The van der Waals surface area contributed by atoms with E-state index in [1.54, 1.807) is 6.07 Å². The monoisotopic (exact) mass is 311 g/mol. The molecule has 0 spiro atoms. The van der Waals surface area contributed by atoms with Gasteiger partial charge >= 0.3 is 0 Å². The molecule has 1 aromatic carbocycles. The van der Waals surface area contributed by atoms with E-state index in [2.05, 4.69) is 11.1 Å². The van der Waals surface area contributed by atoms with Crippen LogP contribution in [0.3, 0.4) is 0 Å². The number of aliphatic imine (C=N–C) groups is 1. The van der Waals surface area contributed by atoms with Crippen molar-refractivity contribution >= 4 is 33.8 Å². The van der Waals surface area contributed by atoms with Crippen LogP contribution < -0.4 is 0 Å². The Hall–Kier alpha value is -0.930. The zero-order valence-corrected chi connectivity index (χ0v) is 14.1. The molecule has 1 atom stereocenters. The van der Waals surface area contributed by atoms with Crippen LogP contribution in [0.5, 0.6) is 0 Å². The Labute approximate surface area is 129 Å². The van der Waals surface area contributed by atoms with Crippen LogP contribution in [0.4, 0.5) is 0 Å². The average molecular weight is 312 g/mol. The number of allylic oxidation sites excluding steroid dienone is 1. The van der Waals surface area contributed by atoms with Crippen LogP contribution in [0.2, 0.25) is 5.02 Å². The second-order valence-corrected chi connectivity index (χ2v) is 6.40. The van der Waals surface area contributed by atoms with Gasteiger partial charge in [-0.05, 0) is 38.0 Å². The highest BCUT2D eigenvalue weighted by Gasteiger charge is 2.12. The van der Waals surface area contributed by atoms with Gasteiger partial charge in [0.2, 0.25) is 0 Å². The maximum Gasteiger partial charge on any atom is 0.0676 e. The molecule has 110 valence electrons. The van der Waals surface area contributed by atoms with E-state index in [1.807, 2.05) is 39.8 Å². The van der Waals surface area contributed by atoms with Crippen molar-refractivity contribution in [1.82, 2.24) is 0 Å². The van der Waals surface area contributed by atoms with Crippen LogP contribution in [-0.4, -0.2) is 15.7 Å². The van der Waals surface area contributed by atoms with Gasteiger partial charge < -0.3 is 0 Å². The molecule has 0 amide bonds. The molecule has 1 aliphatic rings. The van der Waals surface area contributed by atoms with Gasteiger partial charge in [0.1, 0.15) is 0 Å². The summed E-state index contributed by atoms with van der Waals surface area (Å²) < 4.78 is 11.8. The van der Waals surface area contributed by atoms with Crippen LogP contribution in [0.15, 0.2) is 34.2 Å². The smallest absolute Gasteiger partial charge is 0.0676 e. The Bertz CT molecular complexity index is 549. The fourth-order valence-corrected chi connectivity index (χ4v) is 2.92. The Morgan fingerprint density at radius 2 is 2.05 bits per heavy atom. The summed E-state index contributed by atoms with van der Waals surface area (Å²) >= 11 is 6.22. The van der Waals surface area contributed by atoms with E-state index >= 15 is 0 Å². The summed E-state index contributed by atoms with van der Waals surface area (Å²) in [4.78, 5) is 5.35. The Balaban J connectivity index is 0.000000956. The predicted molar refractivity (Wildman–Crippen MR) is 90.1 cm³/mol. The first-order valence-corrected chi connectivity index (χ1v) is 8.74. The molecule has 0 bridgehead atoms. The summed E-state index contributed by atoms with van der Waals surface area (Å²) in [6.45, 7) is 7.93. The van der Waals surface area contributed by atoms with E-state index in [0.717, 1.165) is 34.7 Å². The third kappa shape index (κ3) is 4.29. The lowest BCUT2D eigenvalue weighted by Gasteiger charge is -2.12. The number of halogens is 1.